The molecule has 6 heteroatoms. The van der Waals surface area contributed by atoms with E-state index < -0.39 is 4.92 Å². The van der Waals surface area contributed by atoms with Crippen molar-refractivity contribution in [1.29, 1.82) is 0 Å². The molecular formula is C8H3ClINO2S. The Labute approximate surface area is 102 Å². The highest BCUT2D eigenvalue weighted by Gasteiger charge is 2.12. The molecule has 1 aromatic carbocycles. The molecule has 1 heterocycles. The largest absolute Gasteiger partial charge is 0.270 e. The van der Waals surface area contributed by atoms with Gasteiger partial charge in [0.05, 0.1) is 8.49 Å². The Hall–Kier alpha value is -0.400. The Morgan fingerprint density at radius 3 is 2.86 bits per heavy atom. The number of hydrogen-bond donors (Lipinski definition) is 0. The van der Waals surface area contributed by atoms with Crippen molar-refractivity contribution in [2.24, 2.45) is 0 Å². The van der Waals surface area contributed by atoms with E-state index in [0.717, 1.165) is 13.7 Å². The number of non-ortho nitro benzene ring substituents is 1. The monoisotopic (exact) mass is 339 g/mol. The lowest BCUT2D eigenvalue weighted by Gasteiger charge is -1.91. The fourth-order valence-electron chi connectivity index (χ4n) is 1.14. The summed E-state index contributed by atoms with van der Waals surface area (Å²) in [7, 11) is 0. The van der Waals surface area contributed by atoms with Crippen molar-refractivity contribution in [3.63, 3.8) is 0 Å². The van der Waals surface area contributed by atoms with Gasteiger partial charge in [0.1, 0.15) is 4.34 Å². The molecule has 0 saturated heterocycles. The fourth-order valence-corrected chi connectivity index (χ4v) is 3.32. The first-order valence-corrected chi connectivity index (χ1v) is 5.89. The molecule has 0 N–H and O–H groups in total. The average molecular weight is 340 g/mol. The third-order valence-electron chi connectivity index (χ3n) is 1.78. The van der Waals surface area contributed by atoms with Crippen LogP contribution in [0.25, 0.3) is 10.1 Å². The second-order valence-electron chi connectivity index (χ2n) is 2.63. The van der Waals surface area contributed by atoms with Gasteiger partial charge >= 0.3 is 0 Å². The SMILES string of the molecule is O=[N+]([O-])c1ccc2c(I)c(Cl)sc2c1. The molecule has 72 valence electrons. The zero-order valence-electron chi connectivity index (χ0n) is 6.66. The molecule has 2 aromatic rings. The van der Waals surface area contributed by atoms with Crippen LogP contribution in [0.3, 0.4) is 0 Å². The van der Waals surface area contributed by atoms with Crippen molar-refractivity contribution >= 4 is 61.3 Å². The first-order valence-electron chi connectivity index (χ1n) is 3.61. The standard InChI is InChI=1S/C8H3ClINO2S/c9-8-7(10)5-2-1-4(11(12)13)3-6(5)14-8/h1-3H. The Bertz CT molecular complexity index is 525. The smallest absolute Gasteiger partial charge is 0.258 e. The molecular weight excluding hydrogens is 337 g/mol. The maximum atomic E-state index is 10.5. The van der Waals surface area contributed by atoms with Crippen molar-refractivity contribution in [1.82, 2.24) is 0 Å². The van der Waals surface area contributed by atoms with Gasteiger partial charge in [-0.25, -0.2) is 0 Å². The summed E-state index contributed by atoms with van der Waals surface area (Å²) in [6.45, 7) is 0. The number of nitro groups is 1. The van der Waals surface area contributed by atoms with E-state index in [0.29, 0.717) is 4.34 Å². The molecule has 0 aliphatic rings. The van der Waals surface area contributed by atoms with Crippen molar-refractivity contribution in [2.45, 2.75) is 0 Å². The highest BCUT2D eigenvalue weighted by molar-refractivity contribution is 14.1. The number of hydrogen-bond acceptors (Lipinski definition) is 3. The molecule has 0 bridgehead atoms. The molecule has 0 amide bonds. The minimum Gasteiger partial charge on any atom is -0.258 e. The van der Waals surface area contributed by atoms with Crippen LogP contribution in [0.5, 0.6) is 0 Å². The molecule has 0 unspecified atom stereocenters. The topological polar surface area (TPSA) is 43.1 Å². The normalized spacial score (nSPS) is 10.7. The van der Waals surface area contributed by atoms with Crippen molar-refractivity contribution in [3.8, 4) is 0 Å². The van der Waals surface area contributed by atoms with Crippen LogP contribution >= 0.6 is 45.5 Å². The summed E-state index contributed by atoms with van der Waals surface area (Å²) in [6, 6.07) is 4.78. The Kier molecular flexibility index (Phi) is 2.63. The Morgan fingerprint density at radius 2 is 2.21 bits per heavy atom. The highest BCUT2D eigenvalue weighted by atomic mass is 127. The predicted octanol–water partition coefficient (Wildman–Crippen LogP) is 4.07. The molecule has 0 aliphatic carbocycles. The van der Waals surface area contributed by atoms with Gasteiger partial charge in [0.2, 0.25) is 0 Å². The number of halogens is 2. The number of benzene rings is 1. The van der Waals surface area contributed by atoms with E-state index in [2.05, 4.69) is 22.6 Å². The van der Waals surface area contributed by atoms with Gasteiger partial charge in [-0.3, -0.25) is 10.1 Å². The predicted molar refractivity (Wildman–Crippen MR) is 66.2 cm³/mol. The van der Waals surface area contributed by atoms with Gasteiger partial charge in [-0.15, -0.1) is 11.3 Å². The number of fused-ring (bicyclic) bond motifs is 1. The molecule has 2 rings (SSSR count). The maximum Gasteiger partial charge on any atom is 0.270 e. The third kappa shape index (κ3) is 1.59. The van der Waals surface area contributed by atoms with Gasteiger partial charge < -0.3 is 0 Å². The van der Waals surface area contributed by atoms with E-state index in [9.17, 15) is 10.1 Å². The van der Waals surface area contributed by atoms with Gasteiger partial charge in [0.15, 0.2) is 0 Å². The van der Waals surface area contributed by atoms with Crippen LogP contribution in [0.2, 0.25) is 4.34 Å². The summed E-state index contributed by atoms with van der Waals surface area (Å²) < 4.78 is 2.49. The van der Waals surface area contributed by atoms with E-state index in [1.54, 1.807) is 12.1 Å². The maximum absolute atomic E-state index is 10.5. The van der Waals surface area contributed by atoms with Gasteiger partial charge in [0, 0.05) is 22.2 Å². The van der Waals surface area contributed by atoms with Gasteiger partial charge in [-0.05, 0) is 28.7 Å². The fraction of sp³-hybridized carbons (Fsp3) is 0. The lowest BCUT2D eigenvalue weighted by Crippen LogP contribution is -1.85. The first kappa shape index (κ1) is 10.1. The zero-order valence-corrected chi connectivity index (χ0v) is 10.4. The molecule has 1 aromatic heterocycles. The van der Waals surface area contributed by atoms with Crippen LogP contribution in [0.15, 0.2) is 18.2 Å². The molecule has 3 nitrogen and oxygen atoms in total. The van der Waals surface area contributed by atoms with Crippen molar-refractivity contribution in [2.75, 3.05) is 0 Å². The summed E-state index contributed by atoms with van der Waals surface area (Å²) in [5.74, 6) is 0. The van der Waals surface area contributed by atoms with Crippen LogP contribution in [0.4, 0.5) is 5.69 Å². The number of thiophene rings is 1. The van der Waals surface area contributed by atoms with Gasteiger partial charge in [0.25, 0.3) is 5.69 Å². The van der Waals surface area contributed by atoms with E-state index in [4.69, 9.17) is 11.6 Å². The lowest BCUT2D eigenvalue weighted by atomic mass is 10.2. The second kappa shape index (κ2) is 3.63. The summed E-state index contributed by atoms with van der Waals surface area (Å²) >= 11 is 9.42. The van der Waals surface area contributed by atoms with E-state index in [-0.39, 0.29) is 5.69 Å². The quantitative estimate of drug-likeness (QED) is 0.446. The molecule has 0 radical (unpaired) electrons. The number of nitro benzene ring substituents is 1. The van der Waals surface area contributed by atoms with Crippen molar-refractivity contribution < 1.29 is 4.92 Å². The molecule has 14 heavy (non-hydrogen) atoms. The summed E-state index contributed by atoms with van der Waals surface area (Å²) in [6.07, 6.45) is 0. The van der Waals surface area contributed by atoms with Crippen LogP contribution < -0.4 is 0 Å². The van der Waals surface area contributed by atoms with Gasteiger partial charge in [-0.1, -0.05) is 11.6 Å². The minimum atomic E-state index is -0.403. The van der Waals surface area contributed by atoms with E-state index in [1.165, 1.54) is 17.4 Å². The zero-order chi connectivity index (χ0) is 10.3. The molecule has 0 aliphatic heterocycles. The van der Waals surface area contributed by atoms with E-state index >= 15 is 0 Å². The molecule has 0 spiro atoms. The summed E-state index contributed by atoms with van der Waals surface area (Å²) in [5, 5.41) is 11.5. The minimum absolute atomic E-state index is 0.104. The summed E-state index contributed by atoms with van der Waals surface area (Å²) in [4.78, 5) is 10.1. The van der Waals surface area contributed by atoms with Gasteiger partial charge in [-0.2, -0.15) is 0 Å². The molecule has 0 saturated carbocycles. The van der Waals surface area contributed by atoms with Crippen molar-refractivity contribution in [3.05, 3.63) is 36.2 Å². The lowest BCUT2D eigenvalue weighted by molar-refractivity contribution is -0.384. The van der Waals surface area contributed by atoms with Crippen LogP contribution in [0.1, 0.15) is 0 Å². The number of nitrogens with zero attached hydrogens (tertiary/aromatic N) is 1. The average Bonchev–Trinajstić information content (AvgIpc) is 2.42. The van der Waals surface area contributed by atoms with Crippen LogP contribution in [-0.2, 0) is 0 Å². The number of rotatable bonds is 1. The first-order chi connectivity index (χ1) is 6.59. The van der Waals surface area contributed by atoms with E-state index in [1.807, 2.05) is 0 Å². The van der Waals surface area contributed by atoms with Crippen LogP contribution in [-0.4, -0.2) is 4.92 Å². The highest BCUT2D eigenvalue weighted by Crippen LogP contribution is 2.37. The molecule has 0 atom stereocenters. The Morgan fingerprint density at radius 1 is 1.50 bits per heavy atom. The second-order valence-corrected chi connectivity index (χ2v) is 5.36. The van der Waals surface area contributed by atoms with Crippen LogP contribution in [0, 0.1) is 13.7 Å². The Balaban J connectivity index is 2.73. The third-order valence-corrected chi connectivity index (χ3v) is 4.95. The molecule has 0 fully saturated rings. The summed E-state index contributed by atoms with van der Waals surface area (Å²) in [5.41, 5.74) is 0.104.